The van der Waals surface area contributed by atoms with E-state index in [-0.39, 0.29) is 26.2 Å². The highest BCUT2D eigenvalue weighted by atomic mass is 35.5. The third kappa shape index (κ3) is 6.76. The molecule has 0 atom stereocenters. The monoisotopic (exact) mass is 561 g/mol. The molecule has 0 aromatic heterocycles. The minimum Gasteiger partial charge on any atom is -0.379 e. The molecule has 1 aliphatic heterocycles. The van der Waals surface area contributed by atoms with Gasteiger partial charge >= 0.3 is 0 Å². The summed E-state index contributed by atoms with van der Waals surface area (Å²) in [5, 5.41) is 2.88. The van der Waals surface area contributed by atoms with Gasteiger partial charge in [-0.15, -0.1) is 0 Å². The SMILES string of the molecule is O=C(/C=C/c1ccc(S(=O)(=O)N2CCOCC2)cc1)Nc1cccc(S(=O)(=O)Nc2ccccc2Cl)c1. The number of amides is 1. The van der Waals surface area contributed by atoms with Crippen molar-refractivity contribution in [3.8, 4) is 0 Å². The first kappa shape index (κ1) is 26.8. The van der Waals surface area contributed by atoms with Gasteiger partial charge in [0.2, 0.25) is 15.9 Å². The molecule has 0 spiro atoms. The summed E-state index contributed by atoms with van der Waals surface area (Å²) in [5.74, 6) is -0.487. The van der Waals surface area contributed by atoms with E-state index in [1.165, 1.54) is 46.8 Å². The third-order valence-electron chi connectivity index (χ3n) is 5.45. The summed E-state index contributed by atoms with van der Waals surface area (Å²) in [4.78, 5) is 12.5. The van der Waals surface area contributed by atoms with E-state index in [4.69, 9.17) is 16.3 Å². The van der Waals surface area contributed by atoms with Crippen LogP contribution in [0.15, 0.2) is 88.7 Å². The lowest BCUT2D eigenvalue weighted by Crippen LogP contribution is -2.40. The van der Waals surface area contributed by atoms with Gasteiger partial charge in [-0.1, -0.05) is 41.9 Å². The van der Waals surface area contributed by atoms with Crippen molar-refractivity contribution in [1.82, 2.24) is 4.31 Å². The van der Waals surface area contributed by atoms with Gasteiger partial charge in [0.25, 0.3) is 10.0 Å². The zero-order valence-corrected chi connectivity index (χ0v) is 21.9. The Bertz CT molecular complexity index is 1520. The highest BCUT2D eigenvalue weighted by Crippen LogP contribution is 2.25. The maximum atomic E-state index is 12.8. The molecule has 37 heavy (non-hydrogen) atoms. The van der Waals surface area contributed by atoms with Gasteiger partial charge in [0.05, 0.1) is 33.7 Å². The highest BCUT2D eigenvalue weighted by molar-refractivity contribution is 7.92. The number of morpholine rings is 1. The Morgan fingerprint density at radius 1 is 0.892 bits per heavy atom. The Morgan fingerprint density at radius 2 is 1.59 bits per heavy atom. The standard InChI is InChI=1S/C25H24ClN3O6S2/c26-23-6-1-2-7-24(23)28-36(31,32)22-5-3-4-20(18-22)27-25(30)13-10-19-8-11-21(12-9-19)37(33,34)29-14-16-35-17-15-29/h1-13,18,28H,14-17H2,(H,27,30)/b13-10+. The van der Waals surface area contributed by atoms with Crippen LogP contribution in [0.2, 0.25) is 5.02 Å². The predicted octanol–water partition coefficient (Wildman–Crippen LogP) is 3.81. The van der Waals surface area contributed by atoms with Crippen molar-refractivity contribution in [2.24, 2.45) is 0 Å². The van der Waals surface area contributed by atoms with Crippen LogP contribution in [-0.4, -0.2) is 53.4 Å². The van der Waals surface area contributed by atoms with E-state index in [0.717, 1.165) is 0 Å². The fourth-order valence-electron chi connectivity index (χ4n) is 3.53. The van der Waals surface area contributed by atoms with Gasteiger partial charge in [-0.25, -0.2) is 16.8 Å². The van der Waals surface area contributed by atoms with Gasteiger partial charge in [0.15, 0.2) is 0 Å². The predicted molar refractivity (Wildman–Crippen MR) is 142 cm³/mol. The fraction of sp³-hybridized carbons (Fsp3) is 0.160. The second-order valence-electron chi connectivity index (χ2n) is 8.02. The molecule has 194 valence electrons. The van der Waals surface area contributed by atoms with E-state index in [2.05, 4.69) is 10.0 Å². The van der Waals surface area contributed by atoms with Crippen LogP contribution in [0.1, 0.15) is 5.56 Å². The van der Waals surface area contributed by atoms with Gasteiger partial charge in [-0.3, -0.25) is 9.52 Å². The number of ether oxygens (including phenoxy) is 1. The Morgan fingerprint density at radius 3 is 2.30 bits per heavy atom. The summed E-state index contributed by atoms with van der Waals surface area (Å²) in [6.07, 6.45) is 2.80. The molecule has 0 saturated carbocycles. The van der Waals surface area contributed by atoms with Crippen molar-refractivity contribution in [3.63, 3.8) is 0 Å². The van der Waals surface area contributed by atoms with Crippen molar-refractivity contribution in [3.05, 3.63) is 89.5 Å². The van der Waals surface area contributed by atoms with E-state index in [1.54, 1.807) is 42.5 Å². The summed E-state index contributed by atoms with van der Waals surface area (Å²) in [6.45, 7) is 1.34. The number of benzene rings is 3. The van der Waals surface area contributed by atoms with E-state index >= 15 is 0 Å². The zero-order chi connectivity index (χ0) is 26.5. The zero-order valence-electron chi connectivity index (χ0n) is 19.5. The number of para-hydroxylation sites is 1. The molecule has 0 unspecified atom stereocenters. The molecule has 1 amide bonds. The molecule has 0 aliphatic carbocycles. The first-order chi connectivity index (χ1) is 17.6. The molecule has 1 fully saturated rings. The Labute approximate surface area is 220 Å². The van der Waals surface area contributed by atoms with E-state index in [1.807, 2.05) is 0 Å². The second-order valence-corrected chi connectivity index (χ2v) is 12.0. The topological polar surface area (TPSA) is 122 Å². The summed E-state index contributed by atoms with van der Waals surface area (Å²) >= 11 is 6.04. The molecular formula is C25H24ClN3O6S2. The number of nitrogens with zero attached hydrogens (tertiary/aromatic N) is 1. The number of rotatable bonds is 8. The minimum absolute atomic E-state index is 0.0498. The molecule has 1 aliphatic rings. The molecule has 12 heteroatoms. The number of hydrogen-bond donors (Lipinski definition) is 2. The number of halogens is 1. The van der Waals surface area contributed by atoms with Crippen LogP contribution >= 0.6 is 11.6 Å². The van der Waals surface area contributed by atoms with Crippen molar-refractivity contribution in [2.75, 3.05) is 36.3 Å². The molecule has 3 aromatic carbocycles. The molecule has 0 radical (unpaired) electrons. The molecule has 9 nitrogen and oxygen atoms in total. The molecule has 1 saturated heterocycles. The number of nitrogens with one attached hydrogen (secondary N) is 2. The molecular weight excluding hydrogens is 538 g/mol. The van der Waals surface area contributed by atoms with E-state index in [9.17, 15) is 21.6 Å². The van der Waals surface area contributed by atoms with Crippen LogP contribution in [0.25, 0.3) is 6.08 Å². The number of hydrogen-bond acceptors (Lipinski definition) is 6. The smallest absolute Gasteiger partial charge is 0.262 e. The number of carbonyl (C=O) groups excluding carboxylic acids is 1. The van der Waals surface area contributed by atoms with Crippen LogP contribution in [0.4, 0.5) is 11.4 Å². The van der Waals surface area contributed by atoms with Crippen molar-refractivity contribution in [1.29, 1.82) is 0 Å². The first-order valence-electron chi connectivity index (χ1n) is 11.2. The maximum Gasteiger partial charge on any atom is 0.262 e. The van der Waals surface area contributed by atoms with Crippen molar-refractivity contribution in [2.45, 2.75) is 9.79 Å². The Balaban J connectivity index is 1.40. The van der Waals surface area contributed by atoms with Crippen LogP contribution < -0.4 is 10.0 Å². The molecule has 0 bridgehead atoms. The van der Waals surface area contributed by atoms with Crippen LogP contribution in [-0.2, 0) is 29.6 Å². The van der Waals surface area contributed by atoms with E-state index < -0.39 is 26.0 Å². The van der Waals surface area contributed by atoms with E-state index in [0.29, 0.717) is 31.9 Å². The van der Waals surface area contributed by atoms with Crippen molar-refractivity contribution >= 4 is 55.0 Å². The average Bonchev–Trinajstić information content (AvgIpc) is 2.90. The second kappa shape index (κ2) is 11.4. The first-order valence-corrected chi connectivity index (χ1v) is 14.5. The van der Waals surface area contributed by atoms with Gasteiger partial charge in [0.1, 0.15) is 0 Å². The van der Waals surface area contributed by atoms with Crippen LogP contribution in [0.3, 0.4) is 0 Å². The molecule has 4 rings (SSSR count). The number of anilines is 2. The lowest BCUT2D eigenvalue weighted by molar-refractivity contribution is -0.111. The van der Waals surface area contributed by atoms with Crippen LogP contribution in [0, 0.1) is 0 Å². The summed E-state index contributed by atoms with van der Waals surface area (Å²) in [6, 6.07) is 18.4. The summed E-state index contributed by atoms with van der Waals surface area (Å²) in [7, 11) is -7.54. The lowest BCUT2D eigenvalue weighted by Gasteiger charge is -2.26. The van der Waals surface area contributed by atoms with Gasteiger partial charge < -0.3 is 10.1 Å². The quantitative estimate of drug-likeness (QED) is 0.403. The number of sulfonamides is 2. The molecule has 2 N–H and O–H groups in total. The molecule has 3 aromatic rings. The summed E-state index contributed by atoms with van der Waals surface area (Å²) < 4.78 is 60.0. The van der Waals surface area contributed by atoms with Gasteiger partial charge in [-0.05, 0) is 54.1 Å². The highest BCUT2D eigenvalue weighted by Gasteiger charge is 2.26. The van der Waals surface area contributed by atoms with Gasteiger partial charge in [0, 0.05) is 24.9 Å². The lowest BCUT2D eigenvalue weighted by atomic mass is 10.2. The van der Waals surface area contributed by atoms with Gasteiger partial charge in [-0.2, -0.15) is 4.31 Å². The van der Waals surface area contributed by atoms with Crippen molar-refractivity contribution < 1.29 is 26.4 Å². The average molecular weight is 562 g/mol. The molecule has 1 heterocycles. The largest absolute Gasteiger partial charge is 0.379 e. The summed E-state index contributed by atoms with van der Waals surface area (Å²) in [5.41, 5.74) is 1.14. The third-order valence-corrected chi connectivity index (χ3v) is 9.05. The van der Waals surface area contributed by atoms with Crippen LogP contribution in [0.5, 0.6) is 0 Å². The fourth-order valence-corrected chi connectivity index (χ4v) is 6.30. The number of carbonyl (C=O) groups is 1. The normalized spacial score (nSPS) is 14.9. The minimum atomic E-state index is -3.94. The maximum absolute atomic E-state index is 12.8. The Hall–Kier alpha value is -3.22. The Kier molecular flexibility index (Phi) is 8.30.